The summed E-state index contributed by atoms with van der Waals surface area (Å²) in [4.78, 5) is 10.6. The average Bonchev–Trinajstić information content (AvgIpc) is 2.36. The molecule has 0 unspecified atom stereocenters. The lowest BCUT2D eigenvalue weighted by Crippen LogP contribution is -2.34. The van der Waals surface area contributed by atoms with Crippen LogP contribution in [-0.4, -0.2) is 32.4 Å². The molecule has 0 bridgehead atoms. The largest absolute Gasteiger partial charge is 0.493 e. The van der Waals surface area contributed by atoms with Crippen LogP contribution in [0.2, 0.25) is 0 Å². The number of hydrogen-bond donors (Lipinski definition) is 0. The van der Waals surface area contributed by atoms with Gasteiger partial charge in [0.25, 0.3) is 0 Å². The summed E-state index contributed by atoms with van der Waals surface area (Å²) in [6.07, 6.45) is -3.27. The Kier molecular flexibility index (Phi) is 5.39. The third kappa shape index (κ3) is 3.95. The van der Waals surface area contributed by atoms with E-state index in [1.54, 1.807) is 22.6 Å². The van der Waals surface area contributed by atoms with Gasteiger partial charge in [-0.25, -0.2) is 8.78 Å². The SMILES string of the molecule is COc1cc(C=O)cc(I)c1OCC(F)(F)C(F)F. The summed E-state index contributed by atoms with van der Waals surface area (Å²) in [5.74, 6) is -4.33. The number of carbonyl (C=O) groups excluding carboxylic acids is 1. The number of aldehydes is 1. The van der Waals surface area contributed by atoms with Crippen LogP contribution in [0.3, 0.4) is 0 Å². The Balaban J connectivity index is 2.98. The summed E-state index contributed by atoms with van der Waals surface area (Å²) in [6.45, 7) is -1.47. The van der Waals surface area contributed by atoms with Crippen LogP contribution in [0.25, 0.3) is 0 Å². The van der Waals surface area contributed by atoms with E-state index in [0.29, 0.717) is 9.86 Å². The molecule has 0 saturated heterocycles. The fourth-order valence-electron chi connectivity index (χ4n) is 1.18. The Bertz CT molecular complexity index is 465. The summed E-state index contributed by atoms with van der Waals surface area (Å²) in [5.41, 5.74) is 0.259. The molecule has 0 heterocycles. The molecule has 8 heteroatoms. The Hall–Kier alpha value is -1.06. The Labute approximate surface area is 120 Å². The molecular formula is C11H9F4IO3. The second-order valence-corrected chi connectivity index (χ2v) is 4.66. The van der Waals surface area contributed by atoms with Crippen LogP contribution < -0.4 is 9.47 Å². The molecule has 1 aromatic carbocycles. The van der Waals surface area contributed by atoms with Crippen molar-refractivity contribution in [2.45, 2.75) is 12.3 Å². The standard InChI is InChI=1S/C11H9F4IO3/c1-18-8-3-6(4-17)2-7(16)9(8)19-5-11(14,15)10(12)13/h2-4,10H,5H2,1H3. The highest BCUT2D eigenvalue weighted by atomic mass is 127. The molecule has 3 nitrogen and oxygen atoms in total. The summed E-state index contributed by atoms with van der Waals surface area (Å²) >= 11 is 1.73. The third-order valence-electron chi connectivity index (χ3n) is 2.12. The summed E-state index contributed by atoms with van der Waals surface area (Å²) < 4.78 is 59.4. The fourth-order valence-corrected chi connectivity index (χ4v) is 1.96. The first-order valence-corrected chi connectivity index (χ1v) is 6.01. The normalized spacial score (nSPS) is 11.5. The first-order valence-electron chi connectivity index (χ1n) is 4.93. The van der Waals surface area contributed by atoms with E-state index in [0.717, 1.165) is 0 Å². The van der Waals surface area contributed by atoms with Gasteiger partial charge in [-0.3, -0.25) is 4.79 Å². The van der Waals surface area contributed by atoms with Gasteiger partial charge in [-0.15, -0.1) is 0 Å². The van der Waals surface area contributed by atoms with Crippen molar-refractivity contribution in [1.82, 2.24) is 0 Å². The summed E-state index contributed by atoms with van der Waals surface area (Å²) in [5, 5.41) is 0. The summed E-state index contributed by atoms with van der Waals surface area (Å²) in [7, 11) is 1.25. The molecular weight excluding hydrogens is 383 g/mol. The molecule has 0 aromatic heterocycles. The van der Waals surface area contributed by atoms with E-state index in [1.807, 2.05) is 0 Å². The van der Waals surface area contributed by atoms with E-state index in [9.17, 15) is 22.4 Å². The highest BCUT2D eigenvalue weighted by Crippen LogP contribution is 2.35. The molecule has 0 atom stereocenters. The van der Waals surface area contributed by atoms with Gasteiger partial charge in [0.1, 0.15) is 6.29 Å². The Morgan fingerprint density at radius 3 is 2.53 bits per heavy atom. The molecule has 0 spiro atoms. The third-order valence-corrected chi connectivity index (χ3v) is 2.92. The minimum atomic E-state index is -4.25. The minimum absolute atomic E-state index is 0.0269. The average molecular weight is 392 g/mol. The monoisotopic (exact) mass is 392 g/mol. The van der Waals surface area contributed by atoms with E-state index in [4.69, 9.17) is 9.47 Å². The Morgan fingerprint density at radius 1 is 1.42 bits per heavy atom. The highest BCUT2D eigenvalue weighted by Gasteiger charge is 2.42. The molecule has 0 aliphatic carbocycles. The number of benzene rings is 1. The number of hydrogen-bond acceptors (Lipinski definition) is 3. The molecule has 0 amide bonds. The second kappa shape index (κ2) is 6.40. The van der Waals surface area contributed by atoms with Crippen molar-refractivity contribution in [3.63, 3.8) is 0 Å². The van der Waals surface area contributed by atoms with Crippen LogP contribution in [0.4, 0.5) is 17.6 Å². The predicted octanol–water partition coefficient (Wildman–Crippen LogP) is 3.39. The number of rotatable bonds is 6. The van der Waals surface area contributed by atoms with Crippen LogP contribution in [0.5, 0.6) is 11.5 Å². The maximum absolute atomic E-state index is 12.8. The van der Waals surface area contributed by atoms with Crippen molar-refractivity contribution < 1.29 is 31.8 Å². The molecule has 0 aliphatic rings. The fraction of sp³-hybridized carbons (Fsp3) is 0.364. The van der Waals surface area contributed by atoms with Crippen LogP contribution in [0, 0.1) is 3.57 Å². The molecule has 0 fully saturated rings. The molecule has 0 aliphatic heterocycles. The van der Waals surface area contributed by atoms with Gasteiger partial charge in [-0.1, -0.05) is 0 Å². The molecule has 1 aromatic rings. The van der Waals surface area contributed by atoms with E-state index in [2.05, 4.69) is 0 Å². The zero-order valence-corrected chi connectivity index (χ0v) is 11.8. The molecule has 0 N–H and O–H groups in total. The van der Waals surface area contributed by atoms with Crippen molar-refractivity contribution in [2.75, 3.05) is 13.7 Å². The topological polar surface area (TPSA) is 35.5 Å². The van der Waals surface area contributed by atoms with Crippen LogP contribution >= 0.6 is 22.6 Å². The first kappa shape index (κ1) is 16.0. The number of ether oxygens (including phenoxy) is 2. The minimum Gasteiger partial charge on any atom is -0.493 e. The maximum Gasteiger partial charge on any atom is 0.340 e. The van der Waals surface area contributed by atoms with Gasteiger partial charge in [0, 0.05) is 5.56 Å². The van der Waals surface area contributed by atoms with Crippen molar-refractivity contribution >= 4 is 28.9 Å². The van der Waals surface area contributed by atoms with Crippen molar-refractivity contribution in [3.05, 3.63) is 21.3 Å². The highest BCUT2D eigenvalue weighted by molar-refractivity contribution is 14.1. The molecule has 106 valence electrons. The van der Waals surface area contributed by atoms with Crippen molar-refractivity contribution in [3.8, 4) is 11.5 Å². The van der Waals surface area contributed by atoms with E-state index in [-0.39, 0.29) is 17.1 Å². The van der Waals surface area contributed by atoms with Crippen LogP contribution in [-0.2, 0) is 0 Å². The summed E-state index contributed by atoms with van der Waals surface area (Å²) in [6, 6.07) is 2.64. The number of alkyl halides is 4. The van der Waals surface area contributed by atoms with Gasteiger partial charge in [0.05, 0.1) is 10.7 Å². The first-order chi connectivity index (χ1) is 8.81. The van der Waals surface area contributed by atoms with Gasteiger partial charge in [-0.05, 0) is 34.7 Å². The number of carbonyl (C=O) groups is 1. The lowest BCUT2D eigenvalue weighted by molar-refractivity contribution is -0.148. The van der Waals surface area contributed by atoms with Crippen LogP contribution in [0.1, 0.15) is 10.4 Å². The van der Waals surface area contributed by atoms with E-state index < -0.39 is 19.0 Å². The number of halogens is 5. The molecule has 0 radical (unpaired) electrons. The van der Waals surface area contributed by atoms with Crippen LogP contribution in [0.15, 0.2) is 12.1 Å². The molecule has 0 saturated carbocycles. The predicted molar refractivity (Wildman–Crippen MR) is 67.5 cm³/mol. The van der Waals surface area contributed by atoms with E-state index in [1.165, 1.54) is 19.2 Å². The van der Waals surface area contributed by atoms with Gasteiger partial charge in [0.2, 0.25) is 0 Å². The quantitative estimate of drug-likeness (QED) is 0.423. The smallest absolute Gasteiger partial charge is 0.340 e. The maximum atomic E-state index is 12.8. The second-order valence-electron chi connectivity index (χ2n) is 3.50. The van der Waals surface area contributed by atoms with E-state index >= 15 is 0 Å². The molecule has 19 heavy (non-hydrogen) atoms. The van der Waals surface area contributed by atoms with Gasteiger partial charge in [0.15, 0.2) is 18.1 Å². The van der Waals surface area contributed by atoms with Crippen molar-refractivity contribution in [1.29, 1.82) is 0 Å². The Morgan fingerprint density at radius 2 is 2.05 bits per heavy atom. The zero-order valence-electron chi connectivity index (χ0n) is 9.63. The van der Waals surface area contributed by atoms with Crippen molar-refractivity contribution in [2.24, 2.45) is 0 Å². The van der Waals surface area contributed by atoms with Gasteiger partial charge < -0.3 is 9.47 Å². The lowest BCUT2D eigenvalue weighted by atomic mass is 10.2. The lowest BCUT2D eigenvalue weighted by Gasteiger charge is -2.18. The molecule has 1 rings (SSSR count). The number of methoxy groups -OCH3 is 1. The van der Waals surface area contributed by atoms with Gasteiger partial charge >= 0.3 is 12.3 Å². The zero-order chi connectivity index (χ0) is 14.6. The van der Waals surface area contributed by atoms with Gasteiger partial charge in [-0.2, -0.15) is 8.78 Å².